The zero-order valence-corrected chi connectivity index (χ0v) is 22.2. The third kappa shape index (κ3) is 12.0. The maximum absolute atomic E-state index is 5.90. The molecule has 0 saturated carbocycles. The summed E-state index contributed by atoms with van der Waals surface area (Å²) in [5.74, 6) is 0. The van der Waals surface area contributed by atoms with Crippen molar-refractivity contribution >= 4 is 17.4 Å². The molecular formula is C27H46N2O2S. The molecule has 4 nitrogen and oxygen atoms in total. The van der Waals surface area contributed by atoms with Crippen LogP contribution < -0.4 is 5.73 Å². The molecule has 0 radical (unpaired) electrons. The van der Waals surface area contributed by atoms with Crippen LogP contribution in [-0.2, 0) is 9.47 Å². The molecule has 1 aliphatic heterocycles. The van der Waals surface area contributed by atoms with Crippen LogP contribution in [-0.4, -0.2) is 42.6 Å². The van der Waals surface area contributed by atoms with Crippen molar-refractivity contribution in [3.8, 4) is 0 Å². The number of hydrogen-bond acceptors (Lipinski definition) is 4. The molecule has 1 unspecified atom stereocenters. The van der Waals surface area contributed by atoms with E-state index in [-0.39, 0.29) is 11.4 Å². The van der Waals surface area contributed by atoms with Crippen molar-refractivity contribution in [3.63, 3.8) is 0 Å². The van der Waals surface area contributed by atoms with E-state index in [1.165, 1.54) is 27.9 Å². The van der Waals surface area contributed by atoms with Crippen LogP contribution in [0.3, 0.4) is 0 Å². The van der Waals surface area contributed by atoms with E-state index in [4.69, 9.17) is 27.4 Å². The van der Waals surface area contributed by atoms with E-state index in [1.807, 2.05) is 0 Å². The number of nitrogens with zero attached hydrogens (tertiary/aromatic N) is 1. The van der Waals surface area contributed by atoms with Crippen LogP contribution in [0.25, 0.3) is 0 Å². The topological polar surface area (TPSA) is 47.7 Å². The van der Waals surface area contributed by atoms with Gasteiger partial charge in [0.1, 0.15) is 0 Å². The Morgan fingerprint density at radius 2 is 1.47 bits per heavy atom. The Morgan fingerprint density at radius 1 is 0.938 bits per heavy atom. The molecule has 2 N–H and O–H groups in total. The van der Waals surface area contributed by atoms with Crippen LogP contribution in [0.2, 0.25) is 0 Å². The predicted molar refractivity (Wildman–Crippen MR) is 142 cm³/mol. The SMILES string of the molecule is CC/C(=C(/C)CC/C=C(\C)CC/C=C(\C)CCC=C(C)C)C(OC(N)=S)N1CCOCC1. The minimum atomic E-state index is -0.175. The molecule has 1 atom stereocenters. The highest BCUT2D eigenvalue weighted by Crippen LogP contribution is 2.24. The molecule has 0 aromatic carbocycles. The van der Waals surface area contributed by atoms with Gasteiger partial charge < -0.3 is 15.2 Å². The van der Waals surface area contributed by atoms with Crippen molar-refractivity contribution in [2.24, 2.45) is 5.73 Å². The normalized spacial score (nSPS) is 17.6. The van der Waals surface area contributed by atoms with Gasteiger partial charge in [-0.25, -0.2) is 0 Å². The molecule has 0 aromatic heterocycles. The van der Waals surface area contributed by atoms with E-state index in [0.29, 0.717) is 0 Å². The standard InChI is InChI=1S/C27H46N2O2S/c1-7-25(26(31-27(28)32)29-17-19-30-20-18-29)24(6)16-10-15-23(5)14-9-13-22(4)12-8-11-21(2)3/h11,13,15,26H,7-10,12,14,16-20H2,1-6H3,(H2,28,32)/b22-13+,23-15+,25-24+. The summed E-state index contributed by atoms with van der Waals surface area (Å²) in [5.41, 5.74) is 12.8. The van der Waals surface area contributed by atoms with E-state index in [0.717, 1.165) is 71.2 Å². The molecule has 1 saturated heterocycles. The molecule has 0 bridgehead atoms. The highest BCUT2D eigenvalue weighted by atomic mass is 32.1. The minimum Gasteiger partial charge on any atom is -0.448 e. The molecule has 0 aliphatic carbocycles. The van der Waals surface area contributed by atoms with Gasteiger partial charge in [0, 0.05) is 13.1 Å². The predicted octanol–water partition coefficient (Wildman–Crippen LogP) is 6.83. The largest absolute Gasteiger partial charge is 0.448 e. The fourth-order valence-electron chi connectivity index (χ4n) is 4.01. The van der Waals surface area contributed by atoms with Crippen LogP contribution in [0.5, 0.6) is 0 Å². The number of morpholine rings is 1. The highest BCUT2D eigenvalue weighted by Gasteiger charge is 2.26. The number of ether oxygens (including phenoxy) is 2. The molecule has 0 spiro atoms. The lowest BCUT2D eigenvalue weighted by Crippen LogP contribution is -2.47. The molecule has 5 heteroatoms. The first-order valence-electron chi connectivity index (χ1n) is 12.2. The first-order valence-corrected chi connectivity index (χ1v) is 12.6. The Hall–Kier alpha value is -1.43. The zero-order valence-electron chi connectivity index (χ0n) is 21.3. The van der Waals surface area contributed by atoms with Crippen LogP contribution in [0.4, 0.5) is 0 Å². The van der Waals surface area contributed by atoms with Gasteiger partial charge in [-0.3, -0.25) is 4.90 Å². The molecule has 0 amide bonds. The van der Waals surface area contributed by atoms with Gasteiger partial charge in [-0.1, -0.05) is 47.4 Å². The van der Waals surface area contributed by atoms with Crippen molar-refractivity contribution in [2.45, 2.75) is 92.7 Å². The van der Waals surface area contributed by atoms with Crippen LogP contribution in [0.1, 0.15) is 86.5 Å². The first-order chi connectivity index (χ1) is 15.2. The number of rotatable bonds is 13. The van der Waals surface area contributed by atoms with Crippen molar-refractivity contribution in [3.05, 3.63) is 46.1 Å². The van der Waals surface area contributed by atoms with Crippen molar-refractivity contribution in [2.75, 3.05) is 26.3 Å². The first kappa shape index (κ1) is 28.6. The van der Waals surface area contributed by atoms with Gasteiger partial charge in [-0.2, -0.15) is 0 Å². The van der Waals surface area contributed by atoms with Gasteiger partial charge in [-0.05, 0) is 97.4 Å². The van der Waals surface area contributed by atoms with Crippen LogP contribution in [0, 0.1) is 0 Å². The summed E-state index contributed by atoms with van der Waals surface area (Å²) in [6.07, 6.45) is 14.5. The smallest absolute Gasteiger partial charge is 0.255 e. The summed E-state index contributed by atoms with van der Waals surface area (Å²) in [6, 6.07) is 0. The number of allylic oxidation sites excluding steroid dienone is 7. The van der Waals surface area contributed by atoms with Crippen molar-refractivity contribution in [1.82, 2.24) is 4.90 Å². The van der Waals surface area contributed by atoms with Crippen LogP contribution in [0.15, 0.2) is 46.1 Å². The maximum atomic E-state index is 5.90. The second kappa shape index (κ2) is 16.2. The van der Waals surface area contributed by atoms with Crippen LogP contribution >= 0.6 is 12.2 Å². The summed E-state index contributed by atoms with van der Waals surface area (Å²) in [6.45, 7) is 16.3. The minimum absolute atomic E-state index is 0.111. The second-order valence-corrected chi connectivity index (χ2v) is 9.50. The Bertz CT molecular complexity index is 696. The molecule has 1 heterocycles. The van der Waals surface area contributed by atoms with E-state index in [1.54, 1.807) is 0 Å². The molecule has 32 heavy (non-hydrogen) atoms. The number of hydrogen-bond donors (Lipinski definition) is 1. The molecule has 1 rings (SSSR count). The average molecular weight is 463 g/mol. The van der Waals surface area contributed by atoms with E-state index in [2.05, 4.69) is 64.7 Å². The Kier molecular flexibility index (Phi) is 14.5. The number of thiocarbonyl (C=S) groups is 1. The lowest BCUT2D eigenvalue weighted by molar-refractivity contribution is -0.0355. The maximum Gasteiger partial charge on any atom is 0.255 e. The summed E-state index contributed by atoms with van der Waals surface area (Å²) in [5, 5.41) is 0.111. The van der Waals surface area contributed by atoms with E-state index in [9.17, 15) is 0 Å². The lowest BCUT2D eigenvalue weighted by atomic mass is 9.99. The molecule has 0 aromatic rings. The molecule has 1 fully saturated rings. The Labute approximate surface area is 202 Å². The highest BCUT2D eigenvalue weighted by molar-refractivity contribution is 7.80. The van der Waals surface area contributed by atoms with Gasteiger partial charge in [0.2, 0.25) is 0 Å². The quantitative estimate of drug-likeness (QED) is 0.240. The summed E-state index contributed by atoms with van der Waals surface area (Å²) in [4.78, 5) is 2.29. The van der Waals surface area contributed by atoms with Crippen molar-refractivity contribution < 1.29 is 9.47 Å². The second-order valence-electron chi connectivity index (χ2n) is 9.10. The number of nitrogens with two attached hydrogens (primary N) is 1. The van der Waals surface area contributed by atoms with Gasteiger partial charge >= 0.3 is 0 Å². The summed E-state index contributed by atoms with van der Waals surface area (Å²) in [7, 11) is 0. The zero-order chi connectivity index (χ0) is 23.9. The fourth-order valence-corrected chi connectivity index (χ4v) is 4.10. The third-order valence-corrected chi connectivity index (χ3v) is 6.06. The summed E-state index contributed by atoms with van der Waals surface area (Å²) < 4.78 is 11.4. The molecular weight excluding hydrogens is 416 g/mol. The fraction of sp³-hybridized carbons (Fsp3) is 0.667. The Balaban J connectivity index is 2.62. The van der Waals surface area contributed by atoms with Crippen molar-refractivity contribution in [1.29, 1.82) is 0 Å². The van der Waals surface area contributed by atoms with E-state index >= 15 is 0 Å². The van der Waals surface area contributed by atoms with E-state index < -0.39 is 0 Å². The van der Waals surface area contributed by atoms with Gasteiger partial charge in [0.25, 0.3) is 5.17 Å². The summed E-state index contributed by atoms with van der Waals surface area (Å²) >= 11 is 5.07. The molecule has 1 aliphatic rings. The lowest BCUT2D eigenvalue weighted by Gasteiger charge is -2.36. The van der Waals surface area contributed by atoms with Gasteiger partial charge in [0.15, 0.2) is 6.23 Å². The third-order valence-electron chi connectivity index (χ3n) is 5.97. The average Bonchev–Trinajstić information content (AvgIpc) is 2.73. The monoisotopic (exact) mass is 462 g/mol. The van der Waals surface area contributed by atoms with Gasteiger partial charge in [0.05, 0.1) is 13.2 Å². The molecule has 182 valence electrons. The van der Waals surface area contributed by atoms with Gasteiger partial charge in [-0.15, -0.1) is 0 Å². The Morgan fingerprint density at radius 3 is 1.97 bits per heavy atom.